The van der Waals surface area contributed by atoms with Crippen LogP contribution in [0, 0.1) is 17.0 Å². The Labute approximate surface area is 105 Å². The fourth-order valence-corrected chi connectivity index (χ4v) is 1.44. The van der Waals surface area contributed by atoms with E-state index in [1.54, 1.807) is 20.8 Å². The Bertz CT molecular complexity index is 426. The van der Waals surface area contributed by atoms with E-state index in [1.807, 2.05) is 0 Å². The van der Waals surface area contributed by atoms with Gasteiger partial charge in [-0.15, -0.1) is 0 Å². The number of halogens is 2. The number of primary amides is 1. The maximum absolute atomic E-state index is 13.0. The normalized spacial score (nSPS) is 13.4. The lowest BCUT2D eigenvalue weighted by molar-refractivity contribution is -0.125. The van der Waals surface area contributed by atoms with Gasteiger partial charge in [0.25, 0.3) is 0 Å². The summed E-state index contributed by atoms with van der Waals surface area (Å²) in [6.45, 7) is 5.52. The second-order valence-electron chi connectivity index (χ2n) is 5.05. The molecular formula is C13H18F2N2O. The van der Waals surface area contributed by atoms with Gasteiger partial charge in [-0.3, -0.25) is 4.79 Å². The van der Waals surface area contributed by atoms with Crippen LogP contribution in [0.15, 0.2) is 18.2 Å². The lowest BCUT2D eigenvalue weighted by atomic mass is 9.92. The Balaban J connectivity index is 2.71. The monoisotopic (exact) mass is 256 g/mol. The van der Waals surface area contributed by atoms with Gasteiger partial charge in [0.2, 0.25) is 5.91 Å². The maximum Gasteiger partial charge on any atom is 0.224 e. The first kappa shape index (κ1) is 14.6. The molecule has 0 aliphatic rings. The molecule has 1 aromatic rings. The summed E-state index contributed by atoms with van der Waals surface area (Å²) in [7, 11) is 0. The average Bonchev–Trinajstić information content (AvgIpc) is 2.24. The first-order chi connectivity index (χ1) is 8.22. The van der Waals surface area contributed by atoms with Gasteiger partial charge in [0.1, 0.15) is 11.6 Å². The molecule has 0 spiro atoms. The zero-order valence-corrected chi connectivity index (χ0v) is 10.8. The molecule has 1 rings (SSSR count). The number of nitrogens with one attached hydrogen (secondary N) is 1. The molecule has 0 aromatic heterocycles. The molecule has 0 aliphatic carbocycles. The summed E-state index contributed by atoms with van der Waals surface area (Å²) in [5.41, 5.74) is 5.03. The molecule has 0 radical (unpaired) electrons. The van der Waals surface area contributed by atoms with Crippen molar-refractivity contribution in [3.05, 3.63) is 35.4 Å². The molecule has 1 atom stereocenters. The van der Waals surface area contributed by atoms with Gasteiger partial charge in [-0.2, -0.15) is 0 Å². The topological polar surface area (TPSA) is 55.1 Å². The van der Waals surface area contributed by atoms with Crippen LogP contribution in [-0.2, 0) is 4.79 Å². The number of hydrogen-bond donors (Lipinski definition) is 2. The Morgan fingerprint density at radius 2 is 1.83 bits per heavy atom. The number of nitrogens with two attached hydrogens (primary N) is 1. The van der Waals surface area contributed by atoms with Gasteiger partial charge in [0.05, 0.1) is 5.41 Å². The fraction of sp³-hybridized carbons (Fsp3) is 0.462. The predicted molar refractivity (Wildman–Crippen MR) is 65.8 cm³/mol. The summed E-state index contributed by atoms with van der Waals surface area (Å²) in [5.74, 6) is -1.66. The molecule has 0 unspecified atom stereocenters. The van der Waals surface area contributed by atoms with Gasteiger partial charge in [0, 0.05) is 18.7 Å². The molecule has 3 nitrogen and oxygen atoms in total. The molecular weight excluding hydrogens is 238 g/mol. The second-order valence-corrected chi connectivity index (χ2v) is 5.05. The highest BCUT2D eigenvalue weighted by atomic mass is 19.1. The number of amides is 1. The van der Waals surface area contributed by atoms with E-state index in [4.69, 9.17) is 5.73 Å². The number of hydrogen-bond acceptors (Lipinski definition) is 2. The molecule has 0 aliphatic heterocycles. The van der Waals surface area contributed by atoms with Crippen molar-refractivity contribution in [3.63, 3.8) is 0 Å². The molecule has 1 amide bonds. The predicted octanol–water partition coefficient (Wildman–Crippen LogP) is 2.13. The molecule has 5 heteroatoms. The Kier molecular flexibility index (Phi) is 4.40. The van der Waals surface area contributed by atoms with Crippen molar-refractivity contribution in [3.8, 4) is 0 Å². The third kappa shape index (κ3) is 3.77. The van der Waals surface area contributed by atoms with E-state index in [0.717, 1.165) is 6.07 Å². The van der Waals surface area contributed by atoms with Crippen LogP contribution in [0.3, 0.4) is 0 Å². The van der Waals surface area contributed by atoms with Crippen molar-refractivity contribution in [2.75, 3.05) is 6.54 Å². The number of carbonyl (C=O) groups is 1. The van der Waals surface area contributed by atoms with Crippen molar-refractivity contribution in [1.82, 2.24) is 5.32 Å². The van der Waals surface area contributed by atoms with Gasteiger partial charge >= 0.3 is 0 Å². The van der Waals surface area contributed by atoms with E-state index in [-0.39, 0.29) is 6.04 Å². The van der Waals surface area contributed by atoms with Crippen molar-refractivity contribution >= 4 is 5.91 Å². The van der Waals surface area contributed by atoms with Crippen LogP contribution in [0.25, 0.3) is 0 Å². The smallest absolute Gasteiger partial charge is 0.224 e. The second kappa shape index (κ2) is 5.44. The molecule has 1 aromatic carbocycles. The van der Waals surface area contributed by atoms with Gasteiger partial charge in [-0.1, -0.05) is 0 Å². The van der Waals surface area contributed by atoms with Crippen LogP contribution in [0.5, 0.6) is 0 Å². The Morgan fingerprint density at radius 3 is 2.28 bits per heavy atom. The minimum absolute atomic E-state index is 0.270. The molecule has 0 bridgehead atoms. The molecule has 100 valence electrons. The van der Waals surface area contributed by atoms with E-state index >= 15 is 0 Å². The standard InChI is InChI=1S/C13H18F2N2O/c1-8(17-7-13(2,3)12(16)18)9-4-10(14)6-11(15)5-9/h4-6,8,17H,7H2,1-3H3,(H2,16,18)/t8-/m1/s1. The minimum Gasteiger partial charge on any atom is -0.369 e. The largest absolute Gasteiger partial charge is 0.369 e. The molecule has 18 heavy (non-hydrogen) atoms. The van der Waals surface area contributed by atoms with Crippen LogP contribution in [-0.4, -0.2) is 12.5 Å². The van der Waals surface area contributed by atoms with Crippen LogP contribution in [0.4, 0.5) is 8.78 Å². The minimum atomic E-state index is -0.708. The van der Waals surface area contributed by atoms with E-state index < -0.39 is 23.0 Å². The summed E-state index contributed by atoms with van der Waals surface area (Å²) in [5, 5.41) is 3.04. The summed E-state index contributed by atoms with van der Waals surface area (Å²) >= 11 is 0. The van der Waals surface area contributed by atoms with Crippen molar-refractivity contribution in [2.24, 2.45) is 11.1 Å². The highest BCUT2D eigenvalue weighted by Gasteiger charge is 2.25. The summed E-state index contributed by atoms with van der Waals surface area (Å²) in [6.07, 6.45) is 0. The first-order valence-corrected chi connectivity index (χ1v) is 5.71. The quantitative estimate of drug-likeness (QED) is 0.848. The van der Waals surface area contributed by atoms with Gasteiger partial charge < -0.3 is 11.1 Å². The van der Waals surface area contributed by atoms with E-state index in [1.165, 1.54) is 12.1 Å². The number of benzene rings is 1. The van der Waals surface area contributed by atoms with Crippen molar-refractivity contribution in [2.45, 2.75) is 26.8 Å². The molecule has 0 saturated carbocycles. The summed E-state index contributed by atoms with van der Waals surface area (Å²) in [4.78, 5) is 11.1. The SMILES string of the molecule is C[C@@H](NCC(C)(C)C(N)=O)c1cc(F)cc(F)c1. The zero-order valence-electron chi connectivity index (χ0n) is 10.8. The highest BCUT2D eigenvalue weighted by molar-refractivity contribution is 5.80. The Hall–Kier alpha value is -1.49. The van der Waals surface area contributed by atoms with Crippen LogP contribution in [0.2, 0.25) is 0 Å². The van der Waals surface area contributed by atoms with Gasteiger partial charge in [-0.05, 0) is 38.5 Å². The van der Waals surface area contributed by atoms with Crippen LogP contribution in [0.1, 0.15) is 32.4 Å². The molecule has 0 fully saturated rings. The third-order valence-corrected chi connectivity index (χ3v) is 2.90. The Morgan fingerprint density at radius 1 is 1.33 bits per heavy atom. The third-order valence-electron chi connectivity index (χ3n) is 2.90. The van der Waals surface area contributed by atoms with Crippen LogP contribution < -0.4 is 11.1 Å². The van der Waals surface area contributed by atoms with Crippen molar-refractivity contribution in [1.29, 1.82) is 0 Å². The van der Waals surface area contributed by atoms with E-state index in [0.29, 0.717) is 12.1 Å². The van der Waals surface area contributed by atoms with E-state index in [9.17, 15) is 13.6 Å². The maximum atomic E-state index is 13.0. The zero-order chi connectivity index (χ0) is 13.9. The lowest BCUT2D eigenvalue weighted by Gasteiger charge is -2.24. The van der Waals surface area contributed by atoms with Gasteiger partial charge in [0.15, 0.2) is 0 Å². The van der Waals surface area contributed by atoms with E-state index in [2.05, 4.69) is 5.32 Å². The fourth-order valence-electron chi connectivity index (χ4n) is 1.44. The molecule has 0 heterocycles. The summed E-state index contributed by atoms with van der Waals surface area (Å²) in [6, 6.07) is 3.08. The molecule has 0 saturated heterocycles. The van der Waals surface area contributed by atoms with Gasteiger partial charge in [-0.25, -0.2) is 8.78 Å². The lowest BCUT2D eigenvalue weighted by Crippen LogP contribution is -2.41. The number of rotatable bonds is 5. The summed E-state index contributed by atoms with van der Waals surface area (Å²) < 4.78 is 26.1. The highest BCUT2D eigenvalue weighted by Crippen LogP contribution is 2.18. The van der Waals surface area contributed by atoms with Crippen molar-refractivity contribution < 1.29 is 13.6 Å². The average molecular weight is 256 g/mol. The molecule has 3 N–H and O–H groups in total. The number of carbonyl (C=O) groups excluding carboxylic acids is 1. The first-order valence-electron chi connectivity index (χ1n) is 5.71. The van der Waals surface area contributed by atoms with Crippen LogP contribution >= 0.6 is 0 Å².